The lowest BCUT2D eigenvalue weighted by Crippen LogP contribution is -2.64. The van der Waals surface area contributed by atoms with Crippen molar-refractivity contribution in [1.82, 2.24) is 5.32 Å². The van der Waals surface area contributed by atoms with E-state index >= 15 is 0 Å². The van der Waals surface area contributed by atoms with Gasteiger partial charge in [-0.2, -0.15) is 0 Å². The summed E-state index contributed by atoms with van der Waals surface area (Å²) in [6.45, 7) is 2.62. The van der Waals surface area contributed by atoms with Gasteiger partial charge in [-0.3, -0.25) is 4.79 Å². The Morgan fingerprint density at radius 1 is 1.42 bits per heavy atom. The van der Waals surface area contributed by atoms with Crippen LogP contribution in [0.2, 0.25) is 0 Å². The molecular weight excluding hydrogens is 240 g/mol. The van der Waals surface area contributed by atoms with Crippen LogP contribution in [0.5, 0.6) is 0 Å². The second kappa shape index (κ2) is 6.68. The molecule has 1 amide bonds. The summed E-state index contributed by atoms with van der Waals surface area (Å²) in [6.07, 6.45) is 2.16. The summed E-state index contributed by atoms with van der Waals surface area (Å²) < 4.78 is 5.53. The standard InChI is InChI=1S/C15H22N2O2/c1-2-19-13-10-12(16)15(13)17-14(18)9-8-11-6-4-3-5-7-11/h3-7,12-13,15H,2,8-10,16H2,1H3,(H,17,18). The maximum Gasteiger partial charge on any atom is 0.220 e. The number of carbonyl (C=O) groups is 1. The average molecular weight is 262 g/mol. The van der Waals surface area contributed by atoms with E-state index in [9.17, 15) is 4.79 Å². The van der Waals surface area contributed by atoms with E-state index in [1.807, 2.05) is 37.3 Å². The first-order valence-corrected chi connectivity index (χ1v) is 6.91. The third-order valence-corrected chi connectivity index (χ3v) is 3.56. The van der Waals surface area contributed by atoms with E-state index in [0.29, 0.717) is 13.0 Å². The molecule has 3 unspecified atom stereocenters. The number of nitrogens with one attached hydrogen (secondary N) is 1. The van der Waals surface area contributed by atoms with Gasteiger partial charge in [0, 0.05) is 19.1 Å². The van der Waals surface area contributed by atoms with Crippen LogP contribution in [-0.4, -0.2) is 30.7 Å². The molecule has 0 heterocycles. The summed E-state index contributed by atoms with van der Waals surface area (Å²) in [5, 5.41) is 2.98. The number of hydrogen-bond donors (Lipinski definition) is 2. The second-order valence-electron chi connectivity index (χ2n) is 4.97. The van der Waals surface area contributed by atoms with E-state index in [4.69, 9.17) is 10.5 Å². The molecule has 4 heteroatoms. The fourth-order valence-corrected chi connectivity index (χ4v) is 2.39. The SMILES string of the molecule is CCOC1CC(N)C1NC(=O)CCc1ccccc1. The third-order valence-electron chi connectivity index (χ3n) is 3.56. The zero-order valence-electron chi connectivity index (χ0n) is 11.3. The molecule has 1 aliphatic rings. The predicted molar refractivity (Wildman–Crippen MR) is 74.7 cm³/mol. The van der Waals surface area contributed by atoms with Gasteiger partial charge in [0.1, 0.15) is 0 Å². The first kappa shape index (κ1) is 14.0. The van der Waals surface area contributed by atoms with Crippen molar-refractivity contribution in [3.63, 3.8) is 0 Å². The van der Waals surface area contributed by atoms with Gasteiger partial charge in [-0.1, -0.05) is 30.3 Å². The molecule has 0 saturated heterocycles. The smallest absolute Gasteiger partial charge is 0.220 e. The van der Waals surface area contributed by atoms with E-state index < -0.39 is 0 Å². The zero-order chi connectivity index (χ0) is 13.7. The maximum atomic E-state index is 11.9. The molecule has 4 nitrogen and oxygen atoms in total. The Hall–Kier alpha value is -1.39. The van der Waals surface area contributed by atoms with Crippen LogP contribution in [0.3, 0.4) is 0 Å². The summed E-state index contributed by atoms with van der Waals surface area (Å²) in [4.78, 5) is 11.9. The van der Waals surface area contributed by atoms with Crippen LogP contribution in [0, 0.1) is 0 Å². The van der Waals surface area contributed by atoms with E-state index in [-0.39, 0.29) is 24.1 Å². The summed E-state index contributed by atoms with van der Waals surface area (Å²) in [5.41, 5.74) is 7.08. The highest BCUT2D eigenvalue weighted by molar-refractivity contribution is 5.76. The van der Waals surface area contributed by atoms with Gasteiger partial charge in [0.2, 0.25) is 5.91 Å². The van der Waals surface area contributed by atoms with Crippen LogP contribution in [0.15, 0.2) is 30.3 Å². The minimum atomic E-state index is -0.0248. The molecular formula is C15H22N2O2. The van der Waals surface area contributed by atoms with Gasteiger partial charge < -0.3 is 15.8 Å². The van der Waals surface area contributed by atoms with Crippen molar-refractivity contribution in [3.05, 3.63) is 35.9 Å². The number of ether oxygens (including phenoxy) is 1. The molecule has 104 valence electrons. The number of nitrogens with two attached hydrogens (primary N) is 1. The fraction of sp³-hybridized carbons (Fsp3) is 0.533. The van der Waals surface area contributed by atoms with Crippen molar-refractivity contribution in [2.45, 2.75) is 44.4 Å². The first-order chi connectivity index (χ1) is 9.20. The van der Waals surface area contributed by atoms with Crippen molar-refractivity contribution in [1.29, 1.82) is 0 Å². The molecule has 1 aliphatic carbocycles. The minimum absolute atomic E-state index is 0.0248. The molecule has 0 radical (unpaired) electrons. The highest BCUT2D eigenvalue weighted by Crippen LogP contribution is 2.22. The number of carbonyl (C=O) groups excluding carboxylic acids is 1. The lowest BCUT2D eigenvalue weighted by molar-refractivity contribution is -0.125. The van der Waals surface area contributed by atoms with E-state index in [0.717, 1.165) is 12.8 Å². The number of amides is 1. The lowest BCUT2D eigenvalue weighted by atomic mass is 9.83. The van der Waals surface area contributed by atoms with Crippen molar-refractivity contribution >= 4 is 5.91 Å². The largest absolute Gasteiger partial charge is 0.376 e. The van der Waals surface area contributed by atoms with Crippen LogP contribution >= 0.6 is 0 Å². The Kier molecular flexibility index (Phi) is 4.93. The summed E-state index contributed by atoms with van der Waals surface area (Å²) >= 11 is 0. The molecule has 3 atom stereocenters. The molecule has 0 aliphatic heterocycles. The number of benzene rings is 1. The highest BCUT2D eigenvalue weighted by atomic mass is 16.5. The van der Waals surface area contributed by atoms with Gasteiger partial charge in [0.15, 0.2) is 0 Å². The quantitative estimate of drug-likeness (QED) is 0.810. The summed E-state index contributed by atoms with van der Waals surface area (Å²) in [7, 11) is 0. The zero-order valence-corrected chi connectivity index (χ0v) is 11.3. The minimum Gasteiger partial charge on any atom is -0.376 e. The van der Waals surface area contributed by atoms with Gasteiger partial charge in [-0.05, 0) is 25.3 Å². The van der Waals surface area contributed by atoms with Gasteiger partial charge in [-0.25, -0.2) is 0 Å². The van der Waals surface area contributed by atoms with E-state index in [1.54, 1.807) is 0 Å². The molecule has 1 aromatic carbocycles. The van der Waals surface area contributed by atoms with Gasteiger partial charge in [-0.15, -0.1) is 0 Å². The molecule has 1 fully saturated rings. The molecule has 1 saturated carbocycles. The normalized spacial score (nSPS) is 25.7. The maximum absolute atomic E-state index is 11.9. The number of aryl methyl sites for hydroxylation is 1. The molecule has 2 rings (SSSR count). The molecule has 0 bridgehead atoms. The Bertz CT molecular complexity index is 406. The van der Waals surface area contributed by atoms with Crippen LogP contribution in [0.25, 0.3) is 0 Å². The van der Waals surface area contributed by atoms with Crippen molar-refractivity contribution < 1.29 is 9.53 Å². The Balaban J connectivity index is 1.75. The van der Waals surface area contributed by atoms with Gasteiger partial charge >= 0.3 is 0 Å². The van der Waals surface area contributed by atoms with Crippen LogP contribution in [-0.2, 0) is 16.0 Å². The Morgan fingerprint density at radius 2 is 2.16 bits per heavy atom. The highest BCUT2D eigenvalue weighted by Gasteiger charge is 2.40. The average Bonchev–Trinajstić information content (AvgIpc) is 2.43. The molecule has 1 aromatic rings. The van der Waals surface area contributed by atoms with Crippen LogP contribution in [0.4, 0.5) is 0 Å². The van der Waals surface area contributed by atoms with Gasteiger partial charge in [0.05, 0.1) is 12.1 Å². The van der Waals surface area contributed by atoms with Crippen LogP contribution in [0.1, 0.15) is 25.3 Å². The monoisotopic (exact) mass is 262 g/mol. The third kappa shape index (κ3) is 3.78. The van der Waals surface area contributed by atoms with Crippen molar-refractivity contribution in [3.8, 4) is 0 Å². The van der Waals surface area contributed by atoms with E-state index in [1.165, 1.54) is 5.56 Å². The Labute approximate surface area is 114 Å². The predicted octanol–water partition coefficient (Wildman–Crippen LogP) is 1.24. The van der Waals surface area contributed by atoms with Crippen LogP contribution < -0.4 is 11.1 Å². The fourth-order valence-electron chi connectivity index (χ4n) is 2.39. The van der Waals surface area contributed by atoms with Gasteiger partial charge in [0.25, 0.3) is 0 Å². The molecule has 0 spiro atoms. The topological polar surface area (TPSA) is 64.3 Å². The second-order valence-corrected chi connectivity index (χ2v) is 4.97. The first-order valence-electron chi connectivity index (χ1n) is 6.91. The molecule has 3 N–H and O–H groups in total. The molecule has 19 heavy (non-hydrogen) atoms. The molecule has 0 aromatic heterocycles. The number of rotatable bonds is 6. The number of hydrogen-bond acceptors (Lipinski definition) is 3. The lowest BCUT2D eigenvalue weighted by Gasteiger charge is -2.42. The Morgan fingerprint density at radius 3 is 2.79 bits per heavy atom. The summed E-state index contributed by atoms with van der Waals surface area (Å²) in [5.74, 6) is 0.0497. The summed E-state index contributed by atoms with van der Waals surface area (Å²) in [6, 6.07) is 10.0. The van der Waals surface area contributed by atoms with Crippen molar-refractivity contribution in [2.75, 3.05) is 6.61 Å². The van der Waals surface area contributed by atoms with Crippen molar-refractivity contribution in [2.24, 2.45) is 5.73 Å². The van der Waals surface area contributed by atoms with E-state index in [2.05, 4.69) is 5.32 Å².